The second-order valence-corrected chi connectivity index (χ2v) is 7.22. The Morgan fingerprint density at radius 1 is 1.04 bits per heavy atom. The lowest BCUT2D eigenvalue weighted by molar-refractivity contribution is -1.02. The van der Waals surface area contributed by atoms with Crippen molar-refractivity contribution in [1.29, 1.82) is 0 Å². The molecule has 0 spiro atoms. The van der Waals surface area contributed by atoms with Crippen molar-refractivity contribution in [2.75, 3.05) is 46.9 Å². The number of hydrogen-bond donors (Lipinski definition) is 4. The normalized spacial score (nSPS) is 19.4. The van der Waals surface area contributed by atoms with Crippen LogP contribution in [0.1, 0.15) is 19.4 Å². The van der Waals surface area contributed by atoms with E-state index in [2.05, 4.69) is 16.7 Å². The van der Waals surface area contributed by atoms with Crippen LogP contribution in [0.4, 0.5) is 4.79 Å². The number of ether oxygens (including phenoxy) is 2. The lowest BCUT2D eigenvalue weighted by Crippen LogP contribution is -3.28. The average Bonchev–Trinajstić information content (AvgIpc) is 2.62. The van der Waals surface area contributed by atoms with Crippen molar-refractivity contribution >= 4 is 11.9 Å². The van der Waals surface area contributed by atoms with Crippen molar-refractivity contribution in [2.24, 2.45) is 0 Å². The van der Waals surface area contributed by atoms with E-state index in [0.717, 1.165) is 44.2 Å². The van der Waals surface area contributed by atoms with E-state index in [1.807, 2.05) is 26.0 Å². The van der Waals surface area contributed by atoms with Crippen molar-refractivity contribution < 1.29 is 28.9 Å². The van der Waals surface area contributed by atoms with Gasteiger partial charge in [-0.15, -0.1) is 0 Å². The van der Waals surface area contributed by atoms with E-state index >= 15 is 0 Å². The van der Waals surface area contributed by atoms with Gasteiger partial charge in [0.25, 0.3) is 5.91 Å². The number of piperazine rings is 1. The maximum absolute atomic E-state index is 12.0. The summed E-state index contributed by atoms with van der Waals surface area (Å²) in [5.41, 5.74) is 1.20. The lowest BCUT2D eigenvalue weighted by Gasteiger charge is -2.29. The largest absolute Gasteiger partial charge is 0.493 e. The summed E-state index contributed by atoms with van der Waals surface area (Å²) in [6.45, 7) is 8.73. The van der Waals surface area contributed by atoms with Gasteiger partial charge in [-0.2, -0.15) is 0 Å². The summed E-state index contributed by atoms with van der Waals surface area (Å²) < 4.78 is 10.6. The minimum Gasteiger partial charge on any atom is -0.493 e. The molecule has 1 fully saturated rings. The lowest BCUT2D eigenvalue weighted by atomic mass is 10.1. The average molecular weight is 380 g/mol. The quantitative estimate of drug-likeness (QED) is 0.451. The van der Waals surface area contributed by atoms with Crippen LogP contribution < -0.4 is 29.9 Å². The number of methoxy groups -OCH3 is 2. The van der Waals surface area contributed by atoms with E-state index in [9.17, 15) is 9.59 Å². The Bertz CT molecular complexity index is 643. The summed E-state index contributed by atoms with van der Waals surface area (Å²) in [5.74, 6) is 1.25. The fourth-order valence-corrected chi connectivity index (χ4v) is 3.29. The third-order valence-electron chi connectivity index (χ3n) is 4.65. The van der Waals surface area contributed by atoms with Crippen molar-refractivity contribution in [3.05, 3.63) is 23.8 Å². The summed E-state index contributed by atoms with van der Waals surface area (Å²) in [7, 11) is 3.27. The highest BCUT2D eigenvalue weighted by molar-refractivity contribution is 5.94. The molecule has 1 aliphatic rings. The molecule has 1 heterocycles. The molecular weight excluding hydrogens is 348 g/mol. The van der Waals surface area contributed by atoms with Gasteiger partial charge in [0.05, 0.1) is 14.2 Å². The highest BCUT2D eigenvalue weighted by Crippen LogP contribution is 2.27. The number of quaternary nitrogens is 2. The first-order chi connectivity index (χ1) is 12.9. The molecule has 0 atom stereocenters. The third kappa shape index (κ3) is 6.73. The molecule has 8 nitrogen and oxygen atoms in total. The van der Waals surface area contributed by atoms with Crippen LogP contribution >= 0.6 is 0 Å². The summed E-state index contributed by atoms with van der Waals surface area (Å²) >= 11 is 0. The molecule has 27 heavy (non-hydrogen) atoms. The van der Waals surface area contributed by atoms with Crippen LogP contribution in [0, 0.1) is 0 Å². The molecule has 2 rings (SSSR count). The molecule has 0 bridgehead atoms. The smallest absolute Gasteiger partial charge is 0.321 e. The molecule has 0 saturated carbocycles. The van der Waals surface area contributed by atoms with Gasteiger partial charge in [0, 0.05) is 11.6 Å². The van der Waals surface area contributed by atoms with E-state index in [1.165, 1.54) is 15.4 Å². The number of rotatable bonds is 7. The van der Waals surface area contributed by atoms with Crippen LogP contribution in [0.2, 0.25) is 0 Å². The van der Waals surface area contributed by atoms with Gasteiger partial charge in [-0.1, -0.05) is 0 Å². The van der Waals surface area contributed by atoms with Gasteiger partial charge in [0.1, 0.15) is 32.7 Å². The topological polar surface area (TPSA) is 85.5 Å². The van der Waals surface area contributed by atoms with Crippen molar-refractivity contribution in [1.82, 2.24) is 10.6 Å². The minimum absolute atomic E-state index is 0.00821. The molecule has 8 heteroatoms. The van der Waals surface area contributed by atoms with E-state index in [-0.39, 0.29) is 11.9 Å². The summed E-state index contributed by atoms with van der Waals surface area (Å²) in [4.78, 5) is 26.2. The summed E-state index contributed by atoms with van der Waals surface area (Å²) in [6.07, 6.45) is 0. The molecular formula is C19H32N4O4+2. The highest BCUT2D eigenvalue weighted by atomic mass is 16.5. The maximum Gasteiger partial charge on any atom is 0.321 e. The number of hydrogen-bond acceptors (Lipinski definition) is 4. The SMILES string of the molecule is COc1ccc(C[NH+]2CC[NH+](CC(=O)NC(=O)NC(C)C)CC2)cc1OC. The van der Waals surface area contributed by atoms with Crippen molar-refractivity contribution in [3.63, 3.8) is 0 Å². The molecule has 0 aliphatic carbocycles. The molecule has 0 unspecified atom stereocenters. The molecule has 1 aromatic carbocycles. The van der Waals surface area contributed by atoms with Crippen LogP contribution in [0.15, 0.2) is 18.2 Å². The second kappa shape index (κ2) is 10.1. The Kier molecular flexibility index (Phi) is 7.87. The highest BCUT2D eigenvalue weighted by Gasteiger charge is 2.25. The number of carbonyl (C=O) groups is 2. The molecule has 3 amide bonds. The van der Waals surface area contributed by atoms with E-state index in [1.54, 1.807) is 14.2 Å². The zero-order chi connectivity index (χ0) is 19.8. The van der Waals surface area contributed by atoms with Crippen LogP contribution in [0.25, 0.3) is 0 Å². The predicted molar refractivity (Wildman–Crippen MR) is 101 cm³/mol. The summed E-state index contributed by atoms with van der Waals surface area (Å²) in [5, 5.41) is 5.05. The van der Waals surface area contributed by atoms with Gasteiger partial charge in [0.15, 0.2) is 18.0 Å². The van der Waals surface area contributed by atoms with Crippen LogP contribution in [0.3, 0.4) is 0 Å². The Balaban J connectivity index is 1.77. The van der Waals surface area contributed by atoms with Crippen molar-refractivity contribution in [3.8, 4) is 11.5 Å². The van der Waals surface area contributed by atoms with Gasteiger partial charge in [-0.05, 0) is 32.0 Å². The maximum atomic E-state index is 12.0. The molecule has 1 aliphatic heterocycles. The van der Waals surface area contributed by atoms with Gasteiger partial charge >= 0.3 is 6.03 Å². The van der Waals surface area contributed by atoms with E-state index in [4.69, 9.17) is 9.47 Å². The first-order valence-corrected chi connectivity index (χ1v) is 9.39. The van der Waals surface area contributed by atoms with Crippen LogP contribution in [0.5, 0.6) is 11.5 Å². The zero-order valence-electron chi connectivity index (χ0n) is 16.7. The summed E-state index contributed by atoms with van der Waals surface area (Å²) in [6, 6.07) is 5.60. The number of carbonyl (C=O) groups excluding carboxylic acids is 2. The monoisotopic (exact) mass is 380 g/mol. The fourth-order valence-electron chi connectivity index (χ4n) is 3.29. The molecule has 4 N–H and O–H groups in total. The second-order valence-electron chi connectivity index (χ2n) is 7.22. The number of benzene rings is 1. The van der Waals surface area contributed by atoms with Crippen LogP contribution in [-0.2, 0) is 11.3 Å². The number of nitrogens with one attached hydrogen (secondary N) is 4. The Morgan fingerprint density at radius 2 is 1.67 bits per heavy atom. The van der Waals surface area contributed by atoms with E-state index < -0.39 is 6.03 Å². The number of urea groups is 1. The molecule has 150 valence electrons. The third-order valence-corrected chi connectivity index (χ3v) is 4.65. The first-order valence-electron chi connectivity index (χ1n) is 9.39. The Labute approximate surface area is 160 Å². The van der Waals surface area contributed by atoms with Gasteiger partial charge in [-0.25, -0.2) is 4.79 Å². The Morgan fingerprint density at radius 3 is 2.26 bits per heavy atom. The minimum atomic E-state index is -0.424. The molecule has 1 aromatic rings. The van der Waals surface area contributed by atoms with E-state index in [0.29, 0.717) is 6.54 Å². The fraction of sp³-hybridized carbons (Fsp3) is 0.579. The van der Waals surface area contributed by atoms with Gasteiger partial charge < -0.3 is 24.6 Å². The molecule has 0 aromatic heterocycles. The van der Waals surface area contributed by atoms with Crippen molar-refractivity contribution in [2.45, 2.75) is 26.4 Å². The first kappa shape index (κ1) is 21.0. The van der Waals surface area contributed by atoms with Gasteiger partial charge in [0.2, 0.25) is 0 Å². The predicted octanol–water partition coefficient (Wildman–Crippen LogP) is -1.78. The number of amides is 3. The zero-order valence-corrected chi connectivity index (χ0v) is 16.7. The van der Waals surface area contributed by atoms with Crippen LogP contribution in [-0.4, -0.2) is 64.9 Å². The standard InChI is InChI=1S/C19H30N4O4/c1-14(2)20-19(25)21-18(24)13-23-9-7-22(8-10-23)12-15-5-6-16(26-3)17(11-15)27-4/h5-6,11,14H,7-10,12-13H2,1-4H3,(H2,20,21,24,25)/p+2. The molecule has 0 radical (unpaired) electrons. The number of imide groups is 1. The Hall–Kier alpha value is -2.32. The van der Waals surface area contributed by atoms with Gasteiger partial charge in [-0.3, -0.25) is 10.1 Å². The molecule has 1 saturated heterocycles.